The molecule has 0 saturated carbocycles. The normalized spacial score (nSPS) is 15.1. The number of carboxylic acids is 2. The second kappa shape index (κ2) is 16.3. The van der Waals surface area contributed by atoms with Gasteiger partial charge in [-0.3, -0.25) is 24.0 Å². The third kappa shape index (κ3) is 13.2. The number of aliphatic hydroxyl groups excluding tert-OH is 1. The number of amides is 4. The van der Waals surface area contributed by atoms with Crippen LogP contribution < -0.4 is 33.2 Å². The molecule has 0 aromatic rings. The van der Waals surface area contributed by atoms with Crippen molar-refractivity contribution in [2.24, 2.45) is 17.2 Å². The molecule has 0 spiro atoms. The van der Waals surface area contributed by atoms with E-state index in [9.17, 15) is 39.0 Å². The number of carboxylic acid groups (broad SMARTS) is 2. The third-order valence-corrected chi connectivity index (χ3v) is 4.98. The lowest BCUT2D eigenvalue weighted by atomic mass is 10.0. The molecule has 12 N–H and O–H groups in total. The van der Waals surface area contributed by atoms with Gasteiger partial charge >= 0.3 is 11.9 Å². The number of aliphatic hydroxyl groups is 1. The molecule has 5 atom stereocenters. The van der Waals surface area contributed by atoms with E-state index in [2.05, 4.69) is 16.0 Å². The van der Waals surface area contributed by atoms with Gasteiger partial charge in [-0.15, -0.1) is 0 Å². The fraction of sp³-hybridized carbons (Fsp3) is 0.700. The summed E-state index contributed by atoms with van der Waals surface area (Å²) in [5.41, 5.74) is 16.2. The number of nitrogens with one attached hydrogen (secondary N) is 3. The fourth-order valence-electron chi connectivity index (χ4n) is 2.87. The molecule has 0 bridgehead atoms. The zero-order valence-corrected chi connectivity index (χ0v) is 19.6. The minimum absolute atomic E-state index is 0.113. The highest BCUT2D eigenvalue weighted by atomic mass is 16.4. The Balaban J connectivity index is 5.59. The average Bonchev–Trinajstić information content (AvgIpc) is 2.77. The lowest BCUT2D eigenvalue weighted by Crippen LogP contribution is -2.58. The van der Waals surface area contributed by atoms with E-state index in [1.165, 1.54) is 6.92 Å². The minimum atomic E-state index is -1.56. The van der Waals surface area contributed by atoms with Gasteiger partial charge in [0.15, 0.2) is 0 Å². The molecule has 0 heterocycles. The Morgan fingerprint density at radius 3 is 1.71 bits per heavy atom. The Bertz CT molecular complexity index is 761. The molecule has 15 nitrogen and oxygen atoms in total. The van der Waals surface area contributed by atoms with E-state index in [1.807, 2.05) is 0 Å². The summed E-state index contributed by atoms with van der Waals surface area (Å²) < 4.78 is 0. The molecule has 0 aliphatic heterocycles. The number of hydrogen-bond donors (Lipinski definition) is 9. The van der Waals surface area contributed by atoms with Gasteiger partial charge in [-0.2, -0.15) is 0 Å². The first-order valence-corrected chi connectivity index (χ1v) is 11.1. The first-order valence-electron chi connectivity index (χ1n) is 11.1. The number of carbonyl (C=O) groups excluding carboxylic acids is 4. The van der Waals surface area contributed by atoms with Crippen LogP contribution in [0.2, 0.25) is 0 Å². The minimum Gasteiger partial charge on any atom is -0.481 e. The van der Waals surface area contributed by atoms with Gasteiger partial charge < -0.3 is 48.5 Å². The Kier molecular flexibility index (Phi) is 14.8. The van der Waals surface area contributed by atoms with E-state index >= 15 is 0 Å². The smallest absolute Gasteiger partial charge is 0.326 e. The summed E-state index contributed by atoms with van der Waals surface area (Å²) >= 11 is 0. The van der Waals surface area contributed by atoms with Gasteiger partial charge in [0.1, 0.15) is 24.2 Å². The summed E-state index contributed by atoms with van der Waals surface area (Å²) in [7, 11) is 0. The van der Waals surface area contributed by atoms with Crippen molar-refractivity contribution in [2.75, 3.05) is 6.54 Å². The molecule has 0 saturated heterocycles. The van der Waals surface area contributed by atoms with Crippen molar-refractivity contribution >= 4 is 35.6 Å². The van der Waals surface area contributed by atoms with Crippen molar-refractivity contribution in [1.29, 1.82) is 0 Å². The third-order valence-electron chi connectivity index (χ3n) is 4.98. The molecular weight excluding hydrogens is 468 g/mol. The van der Waals surface area contributed by atoms with E-state index in [-0.39, 0.29) is 19.3 Å². The molecule has 35 heavy (non-hydrogen) atoms. The Morgan fingerprint density at radius 1 is 0.771 bits per heavy atom. The molecule has 0 rings (SSSR count). The van der Waals surface area contributed by atoms with Crippen molar-refractivity contribution in [3.05, 3.63) is 0 Å². The molecule has 5 unspecified atom stereocenters. The van der Waals surface area contributed by atoms with Crippen LogP contribution in [0.5, 0.6) is 0 Å². The SMILES string of the molecule is CC(O)C(N)C(=O)NC(CCCCN)C(=O)NC(CCC(N)=O)C(=O)NC(CCC(=O)O)C(=O)O. The van der Waals surface area contributed by atoms with E-state index < -0.39 is 78.7 Å². The molecule has 4 amide bonds. The lowest BCUT2D eigenvalue weighted by Gasteiger charge is -2.25. The number of nitrogens with two attached hydrogens (primary N) is 3. The number of aliphatic carboxylic acids is 2. The fourth-order valence-corrected chi connectivity index (χ4v) is 2.87. The quantitative estimate of drug-likeness (QED) is 0.0825. The molecular formula is C20H36N6O9. The maximum atomic E-state index is 12.9. The summed E-state index contributed by atoms with van der Waals surface area (Å²) in [6.07, 6.45) is -1.70. The van der Waals surface area contributed by atoms with Gasteiger partial charge in [-0.05, 0) is 45.6 Å². The predicted octanol–water partition coefficient (Wildman–Crippen LogP) is -3.51. The highest BCUT2D eigenvalue weighted by Gasteiger charge is 2.31. The first kappa shape index (κ1) is 31.7. The second-order valence-corrected chi connectivity index (χ2v) is 8.01. The van der Waals surface area contributed by atoms with Crippen molar-refractivity contribution in [3.8, 4) is 0 Å². The van der Waals surface area contributed by atoms with Gasteiger partial charge in [-0.25, -0.2) is 4.79 Å². The van der Waals surface area contributed by atoms with E-state index in [0.29, 0.717) is 19.4 Å². The molecule has 0 aliphatic carbocycles. The van der Waals surface area contributed by atoms with Gasteiger partial charge in [-0.1, -0.05) is 0 Å². The van der Waals surface area contributed by atoms with Crippen LogP contribution in [0.3, 0.4) is 0 Å². The first-order chi connectivity index (χ1) is 16.3. The van der Waals surface area contributed by atoms with Crippen LogP contribution in [0.25, 0.3) is 0 Å². The van der Waals surface area contributed by atoms with Gasteiger partial charge in [0.05, 0.1) is 6.10 Å². The van der Waals surface area contributed by atoms with Crippen LogP contribution in [0.1, 0.15) is 51.9 Å². The Labute approximate surface area is 202 Å². The maximum absolute atomic E-state index is 12.9. The molecule has 0 radical (unpaired) electrons. The molecule has 15 heteroatoms. The molecule has 0 aromatic heterocycles. The molecule has 200 valence electrons. The number of primary amides is 1. The molecule has 0 aromatic carbocycles. The highest BCUT2D eigenvalue weighted by Crippen LogP contribution is 2.06. The Morgan fingerprint density at radius 2 is 1.26 bits per heavy atom. The monoisotopic (exact) mass is 504 g/mol. The number of unbranched alkanes of at least 4 members (excludes halogenated alkanes) is 1. The number of rotatable bonds is 18. The summed E-state index contributed by atoms with van der Waals surface area (Å²) in [6.45, 7) is 1.62. The number of carbonyl (C=O) groups is 6. The van der Waals surface area contributed by atoms with Crippen LogP contribution in [-0.2, 0) is 28.8 Å². The van der Waals surface area contributed by atoms with Crippen LogP contribution in [0, 0.1) is 0 Å². The van der Waals surface area contributed by atoms with Crippen molar-refractivity contribution in [1.82, 2.24) is 16.0 Å². The zero-order valence-electron chi connectivity index (χ0n) is 19.6. The summed E-state index contributed by atoms with van der Waals surface area (Å²) in [6, 6.07) is -5.47. The summed E-state index contributed by atoms with van der Waals surface area (Å²) in [5, 5.41) is 34.5. The highest BCUT2D eigenvalue weighted by molar-refractivity contribution is 5.94. The number of hydrogen-bond acceptors (Lipinski definition) is 9. The predicted molar refractivity (Wildman–Crippen MR) is 121 cm³/mol. The zero-order chi connectivity index (χ0) is 27.1. The van der Waals surface area contributed by atoms with E-state index in [1.54, 1.807) is 0 Å². The second-order valence-electron chi connectivity index (χ2n) is 8.01. The molecule has 0 aliphatic rings. The van der Waals surface area contributed by atoms with Crippen LogP contribution in [0.15, 0.2) is 0 Å². The summed E-state index contributed by atoms with van der Waals surface area (Å²) in [5.74, 6) is -6.16. The van der Waals surface area contributed by atoms with Gasteiger partial charge in [0.25, 0.3) is 0 Å². The van der Waals surface area contributed by atoms with Crippen molar-refractivity contribution in [2.45, 2.75) is 82.1 Å². The van der Waals surface area contributed by atoms with Crippen LogP contribution in [0.4, 0.5) is 0 Å². The lowest BCUT2D eigenvalue weighted by molar-refractivity contribution is -0.143. The topological polar surface area (TPSA) is 277 Å². The van der Waals surface area contributed by atoms with Gasteiger partial charge in [0.2, 0.25) is 23.6 Å². The van der Waals surface area contributed by atoms with E-state index in [0.717, 1.165) is 0 Å². The van der Waals surface area contributed by atoms with E-state index in [4.69, 9.17) is 22.3 Å². The largest absolute Gasteiger partial charge is 0.481 e. The maximum Gasteiger partial charge on any atom is 0.326 e. The van der Waals surface area contributed by atoms with Gasteiger partial charge in [0, 0.05) is 12.8 Å². The standard InChI is InChI=1S/C20H36N6O9/c1-10(27)16(23)19(33)25-11(4-2-3-9-21)17(31)24-12(5-7-14(22)28)18(32)26-13(20(34)35)6-8-15(29)30/h10-13,16,27H,2-9,21,23H2,1H3,(H2,22,28)(H,24,31)(H,25,33)(H,26,32)(H,29,30)(H,34,35). The Hall–Kier alpha value is -3.30. The van der Waals surface area contributed by atoms with Crippen molar-refractivity contribution < 1.29 is 44.1 Å². The van der Waals surface area contributed by atoms with Crippen LogP contribution in [-0.4, -0.2) is 87.7 Å². The van der Waals surface area contributed by atoms with Crippen molar-refractivity contribution in [3.63, 3.8) is 0 Å². The van der Waals surface area contributed by atoms with Crippen LogP contribution >= 0.6 is 0 Å². The molecule has 0 fully saturated rings. The average molecular weight is 505 g/mol. The summed E-state index contributed by atoms with van der Waals surface area (Å²) in [4.78, 5) is 71.2.